The van der Waals surface area contributed by atoms with Gasteiger partial charge in [-0.05, 0) is 56.2 Å². The number of aryl methyl sites for hydroxylation is 3. The van der Waals surface area contributed by atoms with Crippen LogP contribution in [0.1, 0.15) is 33.5 Å². The zero-order chi connectivity index (χ0) is 20.2. The van der Waals surface area contributed by atoms with Gasteiger partial charge in [-0.3, -0.25) is 14.3 Å². The maximum atomic E-state index is 12.7. The molecule has 7 nitrogen and oxygen atoms in total. The number of anilines is 1. The van der Waals surface area contributed by atoms with E-state index in [4.69, 9.17) is 5.11 Å². The van der Waals surface area contributed by atoms with Crippen LogP contribution >= 0.6 is 0 Å². The van der Waals surface area contributed by atoms with Crippen molar-refractivity contribution in [2.75, 3.05) is 11.3 Å². The molecule has 2 aromatic carbocycles. The number of hydrogen-bond donors (Lipinski definition) is 3. The van der Waals surface area contributed by atoms with Crippen molar-refractivity contribution in [2.45, 2.75) is 32.1 Å². The molecule has 0 bridgehead atoms. The number of benzene rings is 2. The predicted octanol–water partition coefficient (Wildman–Crippen LogP) is 2.62. The van der Waals surface area contributed by atoms with Crippen LogP contribution in [0.4, 0.5) is 5.69 Å². The third kappa shape index (κ3) is 5.30. The number of sulfonamides is 1. The van der Waals surface area contributed by atoms with Gasteiger partial charge in [0.1, 0.15) is 0 Å². The highest BCUT2D eigenvalue weighted by molar-refractivity contribution is 7.92. The first kappa shape index (κ1) is 20.4. The number of aliphatic carboxylic acids is 1. The Morgan fingerprint density at radius 2 is 1.56 bits per heavy atom. The molecule has 0 heterocycles. The van der Waals surface area contributed by atoms with E-state index in [1.54, 1.807) is 13.8 Å². The van der Waals surface area contributed by atoms with Crippen LogP contribution in [0.5, 0.6) is 0 Å². The highest BCUT2D eigenvalue weighted by Crippen LogP contribution is 2.24. The minimum atomic E-state index is -3.76. The maximum absolute atomic E-state index is 12.7. The average molecular weight is 390 g/mol. The molecule has 2 rings (SSSR count). The first-order chi connectivity index (χ1) is 12.6. The van der Waals surface area contributed by atoms with Crippen molar-refractivity contribution in [3.05, 3.63) is 58.7 Å². The highest BCUT2D eigenvalue weighted by Gasteiger charge is 2.20. The Hall–Kier alpha value is -2.87. The lowest BCUT2D eigenvalue weighted by molar-refractivity contribution is -0.136. The van der Waals surface area contributed by atoms with E-state index in [0.717, 1.165) is 5.56 Å². The minimum absolute atomic E-state index is 0.0223. The molecule has 8 heteroatoms. The molecule has 0 fully saturated rings. The summed E-state index contributed by atoms with van der Waals surface area (Å²) in [5.41, 5.74) is 2.95. The molecule has 0 radical (unpaired) electrons. The van der Waals surface area contributed by atoms with Crippen LogP contribution in [-0.2, 0) is 14.8 Å². The Morgan fingerprint density at radius 1 is 1.00 bits per heavy atom. The molecule has 0 aliphatic heterocycles. The zero-order valence-electron chi connectivity index (χ0n) is 15.4. The van der Waals surface area contributed by atoms with E-state index in [1.807, 2.05) is 19.1 Å². The number of carbonyl (C=O) groups excluding carboxylic acids is 1. The van der Waals surface area contributed by atoms with Crippen LogP contribution in [0.3, 0.4) is 0 Å². The summed E-state index contributed by atoms with van der Waals surface area (Å²) in [6.07, 6.45) is -0.168. The molecule has 3 N–H and O–H groups in total. The second kappa shape index (κ2) is 8.22. The molecule has 0 spiro atoms. The van der Waals surface area contributed by atoms with Gasteiger partial charge in [0, 0.05) is 17.8 Å². The van der Waals surface area contributed by atoms with Gasteiger partial charge in [-0.25, -0.2) is 8.42 Å². The van der Waals surface area contributed by atoms with Gasteiger partial charge in [0.05, 0.1) is 11.3 Å². The van der Waals surface area contributed by atoms with E-state index >= 15 is 0 Å². The molecule has 0 aliphatic carbocycles. The number of carboxylic acid groups (broad SMARTS) is 1. The number of nitrogens with one attached hydrogen (secondary N) is 2. The van der Waals surface area contributed by atoms with Gasteiger partial charge in [0.25, 0.3) is 15.9 Å². The SMILES string of the molecule is Cc1cc(C)c(S(=O)(=O)Nc2ccc(C(=O)NCCC(=O)O)cc2)c(C)c1. The summed E-state index contributed by atoms with van der Waals surface area (Å²) in [6, 6.07) is 9.55. The fourth-order valence-corrected chi connectivity index (χ4v) is 4.39. The third-order valence-electron chi connectivity index (χ3n) is 3.90. The molecular formula is C19H22N2O5S. The standard InChI is InChI=1S/C19H22N2O5S/c1-12-10-13(2)18(14(3)11-12)27(25,26)21-16-6-4-15(5-7-16)19(24)20-9-8-17(22)23/h4-7,10-11,21H,8-9H2,1-3H3,(H,20,24)(H,22,23). The van der Waals surface area contributed by atoms with Crippen LogP contribution in [0.15, 0.2) is 41.3 Å². The minimum Gasteiger partial charge on any atom is -0.481 e. The summed E-state index contributed by atoms with van der Waals surface area (Å²) in [5, 5.41) is 11.1. The molecule has 2 aromatic rings. The van der Waals surface area contributed by atoms with Crippen molar-refractivity contribution >= 4 is 27.6 Å². The van der Waals surface area contributed by atoms with Crippen LogP contribution in [-0.4, -0.2) is 31.9 Å². The molecule has 0 saturated heterocycles. The molecule has 27 heavy (non-hydrogen) atoms. The van der Waals surface area contributed by atoms with Crippen molar-refractivity contribution in [3.63, 3.8) is 0 Å². The predicted molar refractivity (Wildman–Crippen MR) is 102 cm³/mol. The quantitative estimate of drug-likeness (QED) is 0.673. The summed E-state index contributed by atoms with van der Waals surface area (Å²) in [5.74, 6) is -1.42. The van der Waals surface area contributed by atoms with Gasteiger partial charge in [0.2, 0.25) is 0 Å². The molecule has 0 aliphatic rings. The fourth-order valence-electron chi connectivity index (χ4n) is 2.87. The normalized spacial score (nSPS) is 11.1. The Kier molecular flexibility index (Phi) is 6.22. The highest BCUT2D eigenvalue weighted by atomic mass is 32.2. The largest absolute Gasteiger partial charge is 0.481 e. The molecule has 0 atom stereocenters. The average Bonchev–Trinajstić information content (AvgIpc) is 2.53. The lowest BCUT2D eigenvalue weighted by atomic mass is 10.1. The van der Waals surface area contributed by atoms with Gasteiger partial charge in [0.15, 0.2) is 0 Å². The molecule has 0 saturated carbocycles. The lowest BCUT2D eigenvalue weighted by Gasteiger charge is -2.14. The van der Waals surface area contributed by atoms with E-state index < -0.39 is 21.9 Å². The molecule has 0 aromatic heterocycles. The van der Waals surface area contributed by atoms with E-state index in [2.05, 4.69) is 10.0 Å². The number of carbonyl (C=O) groups is 2. The molecule has 0 unspecified atom stereocenters. The second-order valence-electron chi connectivity index (χ2n) is 6.31. The van der Waals surface area contributed by atoms with Crippen molar-refractivity contribution in [3.8, 4) is 0 Å². The fraction of sp³-hybridized carbons (Fsp3) is 0.263. The number of carboxylic acids is 1. The van der Waals surface area contributed by atoms with Gasteiger partial charge >= 0.3 is 5.97 Å². The Bertz CT molecular complexity index is 943. The number of hydrogen-bond acceptors (Lipinski definition) is 4. The first-order valence-corrected chi connectivity index (χ1v) is 9.79. The van der Waals surface area contributed by atoms with Gasteiger partial charge in [-0.2, -0.15) is 0 Å². The van der Waals surface area contributed by atoms with Crippen LogP contribution < -0.4 is 10.0 Å². The van der Waals surface area contributed by atoms with E-state index in [-0.39, 0.29) is 17.9 Å². The Balaban J connectivity index is 2.14. The first-order valence-electron chi connectivity index (χ1n) is 8.31. The van der Waals surface area contributed by atoms with Crippen molar-refractivity contribution in [1.82, 2.24) is 5.32 Å². The summed E-state index contributed by atoms with van der Waals surface area (Å²) in [6.45, 7) is 5.43. The summed E-state index contributed by atoms with van der Waals surface area (Å²) < 4.78 is 28.0. The Labute approximate surface area is 158 Å². The second-order valence-corrected chi connectivity index (χ2v) is 7.93. The smallest absolute Gasteiger partial charge is 0.305 e. The number of rotatable bonds is 7. The Morgan fingerprint density at radius 3 is 2.07 bits per heavy atom. The van der Waals surface area contributed by atoms with Gasteiger partial charge in [-0.1, -0.05) is 17.7 Å². The zero-order valence-corrected chi connectivity index (χ0v) is 16.2. The van der Waals surface area contributed by atoms with Crippen LogP contribution in [0.25, 0.3) is 0 Å². The van der Waals surface area contributed by atoms with Gasteiger partial charge in [-0.15, -0.1) is 0 Å². The van der Waals surface area contributed by atoms with Crippen LogP contribution in [0, 0.1) is 20.8 Å². The van der Waals surface area contributed by atoms with Crippen molar-refractivity contribution < 1.29 is 23.1 Å². The topological polar surface area (TPSA) is 113 Å². The van der Waals surface area contributed by atoms with Crippen LogP contribution in [0.2, 0.25) is 0 Å². The summed E-state index contributed by atoms with van der Waals surface area (Å²) in [7, 11) is -3.76. The van der Waals surface area contributed by atoms with E-state index in [0.29, 0.717) is 22.4 Å². The van der Waals surface area contributed by atoms with E-state index in [9.17, 15) is 18.0 Å². The molecule has 144 valence electrons. The monoisotopic (exact) mass is 390 g/mol. The van der Waals surface area contributed by atoms with Gasteiger partial charge < -0.3 is 10.4 Å². The third-order valence-corrected chi connectivity index (χ3v) is 5.58. The molecule has 1 amide bonds. The maximum Gasteiger partial charge on any atom is 0.305 e. The lowest BCUT2D eigenvalue weighted by Crippen LogP contribution is -2.26. The summed E-state index contributed by atoms with van der Waals surface area (Å²) in [4.78, 5) is 22.6. The van der Waals surface area contributed by atoms with Crippen molar-refractivity contribution in [2.24, 2.45) is 0 Å². The summed E-state index contributed by atoms with van der Waals surface area (Å²) >= 11 is 0. The van der Waals surface area contributed by atoms with E-state index in [1.165, 1.54) is 24.3 Å². The molecular weight excluding hydrogens is 368 g/mol. The number of amides is 1. The van der Waals surface area contributed by atoms with Crippen molar-refractivity contribution in [1.29, 1.82) is 0 Å².